The molecule has 0 aromatic heterocycles. The highest BCUT2D eigenvalue weighted by Gasteiger charge is 2.30. The number of hydrogen-bond donors (Lipinski definition) is 3. The fraction of sp³-hybridized carbons (Fsp3) is 0.667. The van der Waals surface area contributed by atoms with Gasteiger partial charge >= 0.3 is 12.0 Å². The summed E-state index contributed by atoms with van der Waals surface area (Å²) in [5.41, 5.74) is 0. The van der Waals surface area contributed by atoms with Gasteiger partial charge in [0.05, 0.1) is 12.0 Å². The first kappa shape index (κ1) is 12.0. The molecule has 0 aromatic rings. The molecule has 0 saturated heterocycles. The zero-order valence-electron chi connectivity index (χ0n) is 9.85. The van der Waals surface area contributed by atoms with Gasteiger partial charge in [0.15, 0.2) is 0 Å². The van der Waals surface area contributed by atoms with Gasteiger partial charge in [-0.25, -0.2) is 4.79 Å². The monoisotopic (exact) mass is 238 g/mol. The molecular formula is C12H18N2O3. The van der Waals surface area contributed by atoms with Crippen LogP contribution >= 0.6 is 0 Å². The third-order valence-electron chi connectivity index (χ3n) is 3.41. The normalized spacial score (nSPS) is 28.8. The number of carboxylic acid groups (broad SMARTS) is 1. The topological polar surface area (TPSA) is 78.4 Å². The second-order valence-electron chi connectivity index (χ2n) is 4.92. The molecule has 0 aromatic carbocycles. The molecule has 0 spiro atoms. The fourth-order valence-corrected chi connectivity index (χ4v) is 2.12. The largest absolute Gasteiger partial charge is 0.481 e. The summed E-state index contributed by atoms with van der Waals surface area (Å²) in [7, 11) is 0. The summed E-state index contributed by atoms with van der Waals surface area (Å²) >= 11 is 0. The molecule has 1 fully saturated rings. The smallest absolute Gasteiger partial charge is 0.315 e. The van der Waals surface area contributed by atoms with Crippen LogP contribution in [0.4, 0.5) is 4.79 Å². The van der Waals surface area contributed by atoms with Gasteiger partial charge in [-0.2, -0.15) is 0 Å². The second-order valence-corrected chi connectivity index (χ2v) is 4.92. The van der Waals surface area contributed by atoms with Crippen molar-refractivity contribution in [3.05, 3.63) is 12.2 Å². The van der Waals surface area contributed by atoms with E-state index in [4.69, 9.17) is 5.11 Å². The van der Waals surface area contributed by atoms with Crippen molar-refractivity contribution in [1.82, 2.24) is 10.6 Å². The maximum absolute atomic E-state index is 11.6. The van der Waals surface area contributed by atoms with Crippen LogP contribution in [0.5, 0.6) is 0 Å². The van der Waals surface area contributed by atoms with Gasteiger partial charge in [0.25, 0.3) is 0 Å². The molecule has 94 valence electrons. The van der Waals surface area contributed by atoms with Gasteiger partial charge in [-0.3, -0.25) is 4.79 Å². The van der Waals surface area contributed by atoms with Crippen molar-refractivity contribution in [1.29, 1.82) is 0 Å². The molecule has 5 heteroatoms. The van der Waals surface area contributed by atoms with Gasteiger partial charge < -0.3 is 15.7 Å². The highest BCUT2D eigenvalue weighted by atomic mass is 16.4. The van der Waals surface area contributed by atoms with Crippen LogP contribution in [-0.2, 0) is 4.79 Å². The summed E-state index contributed by atoms with van der Waals surface area (Å²) < 4.78 is 0. The Bertz CT molecular complexity index is 350. The van der Waals surface area contributed by atoms with E-state index in [0.29, 0.717) is 12.3 Å². The van der Waals surface area contributed by atoms with E-state index in [1.54, 1.807) is 12.2 Å². The van der Waals surface area contributed by atoms with E-state index in [9.17, 15) is 9.59 Å². The molecule has 17 heavy (non-hydrogen) atoms. The molecule has 3 unspecified atom stereocenters. The van der Waals surface area contributed by atoms with Gasteiger partial charge in [0.1, 0.15) is 0 Å². The quantitative estimate of drug-likeness (QED) is 0.642. The summed E-state index contributed by atoms with van der Waals surface area (Å²) in [5.74, 6) is -0.690. The number of carboxylic acids is 1. The lowest BCUT2D eigenvalue weighted by Gasteiger charge is -2.16. The highest BCUT2D eigenvalue weighted by molar-refractivity contribution is 5.76. The molecule has 2 rings (SSSR count). The van der Waals surface area contributed by atoms with Gasteiger partial charge in [0.2, 0.25) is 0 Å². The maximum Gasteiger partial charge on any atom is 0.315 e. The van der Waals surface area contributed by atoms with Crippen LogP contribution in [0.3, 0.4) is 0 Å². The summed E-state index contributed by atoms with van der Waals surface area (Å²) in [6, 6.07) is -0.164. The maximum atomic E-state index is 11.6. The minimum absolute atomic E-state index is 0.164. The van der Waals surface area contributed by atoms with Crippen LogP contribution in [-0.4, -0.2) is 29.2 Å². The Morgan fingerprint density at radius 3 is 2.59 bits per heavy atom. The molecule has 2 amide bonds. The molecule has 0 bridgehead atoms. The van der Waals surface area contributed by atoms with Gasteiger partial charge in [-0.15, -0.1) is 0 Å². The summed E-state index contributed by atoms with van der Waals surface area (Å²) in [6.45, 7) is 2.00. The van der Waals surface area contributed by atoms with Crippen molar-refractivity contribution >= 4 is 12.0 Å². The fourth-order valence-electron chi connectivity index (χ4n) is 2.12. The zero-order chi connectivity index (χ0) is 12.4. The predicted molar refractivity (Wildman–Crippen MR) is 62.5 cm³/mol. The van der Waals surface area contributed by atoms with E-state index >= 15 is 0 Å². The van der Waals surface area contributed by atoms with Gasteiger partial charge in [-0.05, 0) is 32.1 Å². The van der Waals surface area contributed by atoms with Crippen LogP contribution in [0, 0.1) is 11.8 Å². The molecule has 3 N–H and O–H groups in total. The lowest BCUT2D eigenvalue weighted by molar-refractivity contribution is -0.140. The van der Waals surface area contributed by atoms with Crippen molar-refractivity contribution in [2.24, 2.45) is 11.8 Å². The molecule has 0 heterocycles. The van der Waals surface area contributed by atoms with Gasteiger partial charge in [-0.1, -0.05) is 12.2 Å². The zero-order valence-corrected chi connectivity index (χ0v) is 9.85. The molecular weight excluding hydrogens is 220 g/mol. The van der Waals surface area contributed by atoms with Crippen LogP contribution < -0.4 is 10.6 Å². The minimum Gasteiger partial charge on any atom is -0.481 e. The van der Waals surface area contributed by atoms with Crippen molar-refractivity contribution in [3.8, 4) is 0 Å². The second kappa shape index (κ2) is 4.77. The summed E-state index contributed by atoms with van der Waals surface area (Å²) in [6.07, 6.45) is 6.20. The number of nitrogens with one attached hydrogen (secondary N) is 2. The van der Waals surface area contributed by atoms with Crippen molar-refractivity contribution in [3.63, 3.8) is 0 Å². The molecule has 0 aliphatic heterocycles. The Hall–Kier alpha value is -1.52. The Balaban J connectivity index is 1.72. The third-order valence-corrected chi connectivity index (χ3v) is 3.41. The standard InChI is InChI=1S/C12H18N2O3/c1-7(8-2-3-8)13-12(17)14-10-5-4-9(6-10)11(15)16/h4-5,7-10H,2-3,6H2,1H3,(H,15,16)(H2,13,14,17). The summed E-state index contributed by atoms with van der Waals surface area (Å²) in [4.78, 5) is 22.3. The highest BCUT2D eigenvalue weighted by Crippen LogP contribution is 2.32. The first-order chi connectivity index (χ1) is 8.06. The van der Waals surface area contributed by atoms with E-state index in [1.807, 2.05) is 6.92 Å². The van der Waals surface area contributed by atoms with Crippen molar-refractivity contribution < 1.29 is 14.7 Å². The van der Waals surface area contributed by atoms with Crippen molar-refractivity contribution in [2.75, 3.05) is 0 Å². The Morgan fingerprint density at radius 2 is 2.06 bits per heavy atom. The third kappa shape index (κ3) is 3.22. The van der Waals surface area contributed by atoms with E-state index in [-0.39, 0.29) is 18.1 Å². The van der Waals surface area contributed by atoms with Crippen LogP contribution in [0.15, 0.2) is 12.2 Å². The SMILES string of the molecule is CC(NC(=O)NC1C=CC(C(=O)O)C1)C1CC1. The molecule has 3 atom stereocenters. The molecule has 2 aliphatic carbocycles. The Labute approximate surface area is 100 Å². The van der Waals surface area contributed by atoms with Crippen LogP contribution in [0.25, 0.3) is 0 Å². The number of urea groups is 1. The van der Waals surface area contributed by atoms with E-state index in [1.165, 1.54) is 12.8 Å². The van der Waals surface area contributed by atoms with Crippen LogP contribution in [0.1, 0.15) is 26.2 Å². The number of carbonyl (C=O) groups excluding carboxylic acids is 1. The lowest BCUT2D eigenvalue weighted by Crippen LogP contribution is -2.45. The number of carbonyl (C=O) groups is 2. The lowest BCUT2D eigenvalue weighted by atomic mass is 10.1. The molecule has 0 radical (unpaired) electrons. The first-order valence-corrected chi connectivity index (χ1v) is 6.04. The number of hydrogen-bond acceptors (Lipinski definition) is 2. The Morgan fingerprint density at radius 1 is 1.35 bits per heavy atom. The van der Waals surface area contributed by atoms with E-state index < -0.39 is 11.9 Å². The minimum atomic E-state index is -0.836. The number of aliphatic carboxylic acids is 1. The number of amides is 2. The molecule has 2 aliphatic rings. The average Bonchev–Trinajstić information content (AvgIpc) is 2.99. The van der Waals surface area contributed by atoms with Crippen LogP contribution in [0.2, 0.25) is 0 Å². The number of rotatable bonds is 4. The molecule has 1 saturated carbocycles. The van der Waals surface area contributed by atoms with Crippen molar-refractivity contribution in [2.45, 2.75) is 38.3 Å². The van der Waals surface area contributed by atoms with E-state index in [2.05, 4.69) is 10.6 Å². The predicted octanol–water partition coefficient (Wildman–Crippen LogP) is 1.11. The molecule has 5 nitrogen and oxygen atoms in total. The first-order valence-electron chi connectivity index (χ1n) is 6.04. The summed E-state index contributed by atoms with van der Waals surface area (Å²) in [5, 5.41) is 14.5. The average molecular weight is 238 g/mol. The Kier molecular flexibility index (Phi) is 3.36. The van der Waals surface area contributed by atoms with E-state index in [0.717, 1.165) is 0 Å². The van der Waals surface area contributed by atoms with Gasteiger partial charge in [0, 0.05) is 6.04 Å².